The molecule has 3 amide bonds. The van der Waals surface area contributed by atoms with Crippen LogP contribution in [0.1, 0.15) is 45.3 Å². The molecule has 0 aliphatic carbocycles. The number of nitrogens with one attached hydrogen (secondary N) is 1. The average molecular weight is 448 g/mol. The molecule has 0 radical (unpaired) electrons. The molecule has 4 rings (SSSR count). The van der Waals surface area contributed by atoms with Gasteiger partial charge in [0.05, 0.1) is 5.92 Å². The van der Waals surface area contributed by atoms with E-state index in [9.17, 15) is 14.4 Å². The maximum atomic E-state index is 12.9. The van der Waals surface area contributed by atoms with E-state index in [-0.39, 0.29) is 27.7 Å². The van der Waals surface area contributed by atoms with Crippen LogP contribution in [0.25, 0.3) is 0 Å². The van der Waals surface area contributed by atoms with Crippen molar-refractivity contribution in [3.05, 3.63) is 39.3 Å². The highest BCUT2D eigenvalue weighted by molar-refractivity contribution is 7.15. The lowest BCUT2D eigenvalue weighted by Gasteiger charge is -2.33. The molecule has 3 heterocycles. The molecule has 0 saturated carbocycles. The van der Waals surface area contributed by atoms with Crippen molar-refractivity contribution >= 4 is 46.3 Å². The molecule has 1 unspecified atom stereocenters. The highest BCUT2D eigenvalue weighted by Gasteiger charge is 2.33. The lowest BCUT2D eigenvalue weighted by Crippen LogP contribution is -2.46. The van der Waals surface area contributed by atoms with Gasteiger partial charge >= 0.3 is 0 Å². The van der Waals surface area contributed by atoms with Crippen molar-refractivity contribution in [3.63, 3.8) is 0 Å². The van der Waals surface area contributed by atoms with Gasteiger partial charge in [-0.1, -0.05) is 29.0 Å². The number of benzene rings is 1. The van der Waals surface area contributed by atoms with E-state index < -0.39 is 5.91 Å². The lowest BCUT2D eigenvalue weighted by atomic mass is 9.96. The van der Waals surface area contributed by atoms with Crippen LogP contribution < -0.4 is 5.32 Å². The Morgan fingerprint density at radius 3 is 2.53 bits per heavy atom. The molecule has 1 aromatic heterocycles. The second-order valence-electron chi connectivity index (χ2n) is 7.50. The summed E-state index contributed by atoms with van der Waals surface area (Å²) in [5.74, 6) is -0.758. The highest BCUT2D eigenvalue weighted by atomic mass is 35.5. The van der Waals surface area contributed by atoms with Gasteiger partial charge in [-0.3, -0.25) is 14.4 Å². The summed E-state index contributed by atoms with van der Waals surface area (Å²) in [6.45, 7) is 2.58. The maximum absolute atomic E-state index is 12.9. The molecule has 158 valence electrons. The number of amides is 3. The van der Waals surface area contributed by atoms with Crippen molar-refractivity contribution in [2.24, 2.45) is 5.92 Å². The minimum absolute atomic E-state index is 0.0972. The van der Waals surface area contributed by atoms with Crippen molar-refractivity contribution in [2.75, 3.05) is 31.5 Å². The lowest BCUT2D eigenvalue weighted by molar-refractivity contribution is -0.135. The van der Waals surface area contributed by atoms with Gasteiger partial charge in [0, 0.05) is 36.9 Å². The largest absolute Gasteiger partial charge is 0.342 e. The van der Waals surface area contributed by atoms with Crippen LogP contribution in [0.15, 0.2) is 24.3 Å². The van der Waals surface area contributed by atoms with E-state index in [1.165, 1.54) is 0 Å². The third kappa shape index (κ3) is 4.62. The molecule has 2 aliphatic rings. The predicted octanol–water partition coefficient (Wildman–Crippen LogP) is 2.92. The number of piperidine rings is 1. The zero-order valence-corrected chi connectivity index (χ0v) is 17.9. The van der Waals surface area contributed by atoms with Gasteiger partial charge in [0.25, 0.3) is 11.8 Å². The monoisotopic (exact) mass is 447 g/mol. The molecule has 2 aliphatic heterocycles. The number of carbonyl (C=O) groups is 3. The zero-order chi connectivity index (χ0) is 21.1. The van der Waals surface area contributed by atoms with Crippen LogP contribution in [-0.2, 0) is 4.79 Å². The molecule has 2 aromatic rings. The van der Waals surface area contributed by atoms with Crippen LogP contribution >= 0.6 is 22.9 Å². The summed E-state index contributed by atoms with van der Waals surface area (Å²) in [6, 6.07) is 6.77. The summed E-state index contributed by atoms with van der Waals surface area (Å²) in [5, 5.41) is 11.2. The van der Waals surface area contributed by atoms with Crippen molar-refractivity contribution in [3.8, 4) is 0 Å². The van der Waals surface area contributed by atoms with Crippen molar-refractivity contribution in [1.82, 2.24) is 20.0 Å². The molecule has 2 saturated heterocycles. The van der Waals surface area contributed by atoms with E-state index in [0.29, 0.717) is 23.8 Å². The first-order valence-electron chi connectivity index (χ1n) is 10.00. The zero-order valence-electron chi connectivity index (χ0n) is 16.3. The Morgan fingerprint density at radius 2 is 1.77 bits per heavy atom. The van der Waals surface area contributed by atoms with Crippen molar-refractivity contribution in [2.45, 2.75) is 25.7 Å². The Kier molecular flexibility index (Phi) is 6.29. The molecule has 1 aromatic carbocycles. The summed E-state index contributed by atoms with van der Waals surface area (Å²) in [6.07, 6.45) is 3.66. The first-order valence-corrected chi connectivity index (χ1v) is 11.2. The number of rotatable bonds is 4. The van der Waals surface area contributed by atoms with Gasteiger partial charge in [0.2, 0.25) is 15.9 Å². The minimum Gasteiger partial charge on any atom is -0.342 e. The fraction of sp³-hybridized carbons (Fsp3) is 0.450. The van der Waals surface area contributed by atoms with Gasteiger partial charge in [0.15, 0.2) is 0 Å². The topological polar surface area (TPSA) is 95.5 Å². The first kappa shape index (κ1) is 20.7. The van der Waals surface area contributed by atoms with Crippen LogP contribution in [0.4, 0.5) is 5.69 Å². The quantitative estimate of drug-likeness (QED) is 0.777. The average Bonchev–Trinajstić information content (AvgIpc) is 3.45. The molecule has 30 heavy (non-hydrogen) atoms. The number of hydrogen-bond acceptors (Lipinski definition) is 6. The molecule has 2 fully saturated rings. The first-order chi connectivity index (χ1) is 14.5. The number of carbonyl (C=O) groups excluding carboxylic acids is 3. The van der Waals surface area contributed by atoms with Crippen LogP contribution in [0.3, 0.4) is 0 Å². The molecule has 0 bridgehead atoms. The van der Waals surface area contributed by atoms with Crippen molar-refractivity contribution < 1.29 is 14.4 Å². The summed E-state index contributed by atoms with van der Waals surface area (Å²) in [5.41, 5.74) is 0.537. The second kappa shape index (κ2) is 9.09. The van der Waals surface area contributed by atoms with Gasteiger partial charge in [-0.15, -0.1) is 10.2 Å². The fourth-order valence-electron chi connectivity index (χ4n) is 3.85. The molecular formula is C20H22ClN5O3S. The normalized spacial score (nSPS) is 19.0. The Labute approximate surface area is 183 Å². The molecule has 0 spiro atoms. The van der Waals surface area contributed by atoms with Gasteiger partial charge in [0.1, 0.15) is 0 Å². The predicted molar refractivity (Wildman–Crippen MR) is 114 cm³/mol. The minimum atomic E-state index is -0.449. The molecule has 8 nitrogen and oxygen atoms in total. The summed E-state index contributed by atoms with van der Waals surface area (Å²) in [4.78, 5) is 41.5. The second-order valence-corrected chi connectivity index (χ2v) is 8.91. The number of likely N-dealkylation sites (tertiary alicyclic amines) is 2. The third-order valence-corrected chi connectivity index (χ3v) is 6.51. The maximum Gasteiger partial charge on any atom is 0.286 e. The number of anilines is 1. The molecule has 1 atom stereocenters. The Bertz CT molecular complexity index is 959. The number of halogens is 1. The van der Waals surface area contributed by atoms with Gasteiger partial charge in [-0.05, 0) is 43.9 Å². The Hall–Kier alpha value is -2.52. The van der Waals surface area contributed by atoms with Crippen LogP contribution in [0, 0.1) is 5.92 Å². The molecule has 10 heteroatoms. The molecule has 1 N–H and O–H groups in total. The van der Waals surface area contributed by atoms with E-state index >= 15 is 0 Å². The smallest absolute Gasteiger partial charge is 0.286 e. The Morgan fingerprint density at radius 1 is 1.03 bits per heavy atom. The van der Waals surface area contributed by atoms with Crippen molar-refractivity contribution in [1.29, 1.82) is 0 Å². The van der Waals surface area contributed by atoms with Crippen LogP contribution in [-0.4, -0.2) is 63.9 Å². The van der Waals surface area contributed by atoms with E-state index in [1.54, 1.807) is 29.2 Å². The van der Waals surface area contributed by atoms with Crippen LogP contribution in [0.5, 0.6) is 0 Å². The van der Waals surface area contributed by atoms with E-state index in [2.05, 4.69) is 15.5 Å². The standard InChI is InChI=1S/C20H22ClN5O3S/c21-14-6-3-7-15(11-14)22-16(27)17-23-24-18(30-17)20(29)26-10-4-5-13(12-26)19(28)25-8-1-2-9-25/h3,6-7,11,13H,1-2,4-5,8-10,12H2,(H,22,27). The van der Waals surface area contributed by atoms with Gasteiger partial charge in [-0.25, -0.2) is 0 Å². The number of nitrogens with zero attached hydrogens (tertiary/aromatic N) is 4. The SMILES string of the molecule is O=C(Nc1cccc(Cl)c1)c1nnc(C(=O)N2CCCC(C(=O)N3CCCC3)C2)s1. The van der Waals surface area contributed by atoms with Gasteiger partial charge < -0.3 is 15.1 Å². The Balaban J connectivity index is 1.39. The summed E-state index contributed by atoms with van der Waals surface area (Å²) < 4.78 is 0. The highest BCUT2D eigenvalue weighted by Crippen LogP contribution is 2.24. The number of aromatic nitrogens is 2. The van der Waals surface area contributed by atoms with Gasteiger partial charge in [-0.2, -0.15) is 0 Å². The van der Waals surface area contributed by atoms with E-state index in [1.807, 2.05) is 4.90 Å². The third-order valence-electron chi connectivity index (χ3n) is 5.36. The summed E-state index contributed by atoms with van der Waals surface area (Å²) >= 11 is 6.87. The van der Waals surface area contributed by atoms with E-state index in [4.69, 9.17) is 11.6 Å². The molecular weight excluding hydrogens is 426 g/mol. The summed E-state index contributed by atoms with van der Waals surface area (Å²) in [7, 11) is 0. The van der Waals surface area contributed by atoms with Crippen LogP contribution in [0.2, 0.25) is 5.02 Å². The number of hydrogen-bond donors (Lipinski definition) is 1. The van der Waals surface area contributed by atoms with E-state index in [0.717, 1.165) is 50.1 Å². The fourth-order valence-corrected chi connectivity index (χ4v) is 4.74.